The smallest absolute Gasteiger partial charge is 0.261 e. The van der Waals surface area contributed by atoms with Gasteiger partial charge in [0, 0.05) is 6.17 Å². The van der Waals surface area contributed by atoms with Crippen LogP contribution in [0.4, 0.5) is 0 Å². The first kappa shape index (κ1) is 12.8. The Kier molecular flexibility index (Phi) is 3.21. The molecule has 0 saturated carbocycles. The molecule has 94 valence electrons. The molecule has 0 aliphatic carbocycles. The van der Waals surface area contributed by atoms with Crippen molar-refractivity contribution in [1.29, 1.82) is 0 Å². The number of carbonyl (C=O) groups excluding carboxylic acids is 2. The molecule has 2 rings (SSSR count). The van der Waals surface area contributed by atoms with Crippen LogP contribution in [0.1, 0.15) is 20.7 Å². The lowest BCUT2D eigenvalue weighted by atomic mass is 10.1. The fraction of sp³-hybridized carbons (Fsp3) is 0.286. The van der Waals surface area contributed by atoms with E-state index in [4.69, 9.17) is 0 Å². The van der Waals surface area contributed by atoms with Crippen LogP contribution in [0, 0.1) is 0 Å². The molecule has 0 unspecified atom stereocenters. The standard InChI is InChI=1S/C14H17NO2Si/c1-4-9-18(2,3)10-15-13(16)11-7-5-6-8-12(11)14(15)17/h4-8H,1,9-10H2,2-3H3. The van der Waals surface area contributed by atoms with Crippen LogP contribution in [-0.2, 0) is 0 Å². The number of fused-ring (bicyclic) bond motifs is 1. The van der Waals surface area contributed by atoms with Crippen molar-refractivity contribution < 1.29 is 9.59 Å². The Bertz CT molecular complexity index is 487. The van der Waals surface area contributed by atoms with Crippen molar-refractivity contribution in [2.24, 2.45) is 0 Å². The van der Waals surface area contributed by atoms with E-state index in [9.17, 15) is 9.59 Å². The maximum absolute atomic E-state index is 12.2. The normalized spacial score (nSPS) is 14.9. The summed E-state index contributed by atoms with van der Waals surface area (Å²) >= 11 is 0. The number of carbonyl (C=O) groups is 2. The largest absolute Gasteiger partial charge is 0.277 e. The fourth-order valence-corrected chi connectivity index (χ4v) is 4.32. The Morgan fingerprint density at radius 1 is 1.17 bits per heavy atom. The Morgan fingerprint density at radius 2 is 1.67 bits per heavy atom. The number of benzene rings is 1. The number of nitrogens with zero attached hydrogens (tertiary/aromatic N) is 1. The summed E-state index contributed by atoms with van der Waals surface area (Å²) in [5.74, 6) is -0.305. The number of rotatable bonds is 4. The van der Waals surface area contributed by atoms with E-state index in [-0.39, 0.29) is 11.8 Å². The third kappa shape index (κ3) is 2.16. The minimum atomic E-state index is -1.62. The summed E-state index contributed by atoms with van der Waals surface area (Å²) < 4.78 is 0. The number of hydrogen-bond acceptors (Lipinski definition) is 2. The van der Waals surface area contributed by atoms with E-state index in [1.54, 1.807) is 24.3 Å². The molecule has 1 aromatic rings. The number of allylic oxidation sites excluding steroid dienone is 1. The summed E-state index contributed by atoms with van der Waals surface area (Å²) in [6.07, 6.45) is 2.44. The van der Waals surface area contributed by atoms with Gasteiger partial charge < -0.3 is 0 Å². The molecule has 0 aromatic heterocycles. The molecule has 1 aliphatic rings. The van der Waals surface area contributed by atoms with Crippen LogP contribution in [0.3, 0.4) is 0 Å². The molecule has 0 N–H and O–H groups in total. The lowest BCUT2D eigenvalue weighted by Crippen LogP contribution is -2.44. The molecule has 3 nitrogen and oxygen atoms in total. The predicted octanol–water partition coefficient (Wildman–Crippen LogP) is 2.72. The van der Waals surface area contributed by atoms with E-state index < -0.39 is 8.07 Å². The average Bonchev–Trinajstić information content (AvgIpc) is 2.55. The Balaban J connectivity index is 2.26. The summed E-state index contributed by atoms with van der Waals surface area (Å²) in [6.45, 7) is 8.07. The molecule has 4 heteroatoms. The molecule has 0 radical (unpaired) electrons. The van der Waals surface area contributed by atoms with E-state index in [2.05, 4.69) is 19.7 Å². The second kappa shape index (κ2) is 4.53. The third-order valence-corrected chi connectivity index (χ3v) is 5.73. The lowest BCUT2D eigenvalue weighted by molar-refractivity contribution is 0.0678. The molecule has 0 atom stereocenters. The van der Waals surface area contributed by atoms with Crippen LogP contribution in [0.15, 0.2) is 36.9 Å². The van der Waals surface area contributed by atoms with E-state index in [1.807, 2.05) is 6.08 Å². The first-order chi connectivity index (χ1) is 8.46. The maximum Gasteiger partial charge on any atom is 0.261 e. The van der Waals surface area contributed by atoms with Gasteiger partial charge in [0.25, 0.3) is 11.8 Å². The van der Waals surface area contributed by atoms with E-state index >= 15 is 0 Å². The Labute approximate surface area is 108 Å². The minimum absolute atomic E-state index is 0.153. The highest BCUT2D eigenvalue weighted by Gasteiger charge is 2.38. The summed E-state index contributed by atoms with van der Waals surface area (Å²) in [4.78, 5) is 25.8. The van der Waals surface area contributed by atoms with Crippen molar-refractivity contribution in [3.63, 3.8) is 0 Å². The Hall–Kier alpha value is -1.68. The van der Waals surface area contributed by atoms with Crippen LogP contribution < -0.4 is 0 Å². The average molecular weight is 259 g/mol. The highest BCUT2D eigenvalue weighted by Crippen LogP contribution is 2.24. The summed E-state index contributed by atoms with van der Waals surface area (Å²) in [5.41, 5.74) is 1.07. The van der Waals surface area contributed by atoms with Gasteiger partial charge >= 0.3 is 0 Å². The number of imide groups is 1. The molecule has 1 aliphatic heterocycles. The van der Waals surface area contributed by atoms with Crippen molar-refractivity contribution in [1.82, 2.24) is 4.90 Å². The monoisotopic (exact) mass is 259 g/mol. The topological polar surface area (TPSA) is 37.4 Å². The quantitative estimate of drug-likeness (QED) is 0.473. The highest BCUT2D eigenvalue weighted by atomic mass is 28.3. The molecular weight excluding hydrogens is 242 g/mol. The zero-order chi connectivity index (χ0) is 13.3. The molecule has 0 bridgehead atoms. The number of hydrogen-bond donors (Lipinski definition) is 0. The van der Waals surface area contributed by atoms with Crippen LogP contribution >= 0.6 is 0 Å². The van der Waals surface area contributed by atoms with E-state index in [0.717, 1.165) is 6.04 Å². The molecule has 0 fully saturated rings. The summed E-state index contributed by atoms with van der Waals surface area (Å²) in [6, 6.07) is 7.93. The fourth-order valence-electron chi connectivity index (χ4n) is 2.27. The SMILES string of the molecule is C=CC[Si](C)(C)CN1C(=O)c2ccccc2C1=O. The minimum Gasteiger partial charge on any atom is -0.277 e. The Morgan fingerprint density at radius 3 is 2.11 bits per heavy atom. The van der Waals surface area contributed by atoms with Gasteiger partial charge in [-0.15, -0.1) is 6.58 Å². The number of amides is 2. The van der Waals surface area contributed by atoms with Gasteiger partial charge in [-0.25, -0.2) is 0 Å². The van der Waals surface area contributed by atoms with Crippen molar-refractivity contribution in [3.8, 4) is 0 Å². The first-order valence-corrected chi connectivity index (χ1v) is 9.44. The van der Waals surface area contributed by atoms with Gasteiger partial charge in [-0.2, -0.15) is 0 Å². The van der Waals surface area contributed by atoms with Gasteiger partial charge in [-0.05, 0) is 18.2 Å². The molecular formula is C14H17NO2Si. The molecule has 1 heterocycles. The van der Waals surface area contributed by atoms with Crippen LogP contribution in [0.5, 0.6) is 0 Å². The lowest BCUT2D eigenvalue weighted by Gasteiger charge is -2.26. The second-order valence-electron chi connectivity index (χ2n) is 5.40. The van der Waals surface area contributed by atoms with Crippen molar-refractivity contribution >= 4 is 19.9 Å². The van der Waals surface area contributed by atoms with Crippen LogP contribution in [0.25, 0.3) is 0 Å². The highest BCUT2D eigenvalue weighted by molar-refractivity contribution is 6.78. The summed E-state index contributed by atoms with van der Waals surface area (Å²) in [7, 11) is -1.62. The van der Waals surface area contributed by atoms with Crippen LogP contribution in [-0.4, -0.2) is 31.0 Å². The van der Waals surface area contributed by atoms with E-state index in [1.165, 1.54) is 4.90 Å². The van der Waals surface area contributed by atoms with Crippen molar-refractivity contribution in [2.45, 2.75) is 19.1 Å². The van der Waals surface area contributed by atoms with Gasteiger partial charge in [0.2, 0.25) is 0 Å². The first-order valence-electron chi connectivity index (χ1n) is 6.02. The van der Waals surface area contributed by atoms with Gasteiger partial charge in [-0.1, -0.05) is 31.3 Å². The zero-order valence-corrected chi connectivity index (χ0v) is 11.8. The van der Waals surface area contributed by atoms with E-state index in [0.29, 0.717) is 17.3 Å². The van der Waals surface area contributed by atoms with Crippen molar-refractivity contribution in [2.75, 3.05) is 6.17 Å². The third-order valence-electron chi connectivity index (χ3n) is 3.16. The molecule has 2 amide bonds. The van der Waals surface area contributed by atoms with Gasteiger partial charge in [0.15, 0.2) is 0 Å². The predicted molar refractivity (Wildman–Crippen MR) is 74.3 cm³/mol. The van der Waals surface area contributed by atoms with Gasteiger partial charge in [-0.3, -0.25) is 14.5 Å². The molecule has 0 saturated heterocycles. The maximum atomic E-state index is 12.2. The molecule has 0 spiro atoms. The van der Waals surface area contributed by atoms with Gasteiger partial charge in [0.05, 0.1) is 19.2 Å². The molecule has 18 heavy (non-hydrogen) atoms. The zero-order valence-electron chi connectivity index (χ0n) is 10.8. The van der Waals surface area contributed by atoms with Gasteiger partial charge in [0.1, 0.15) is 0 Å². The van der Waals surface area contributed by atoms with Crippen LogP contribution in [0.2, 0.25) is 19.1 Å². The summed E-state index contributed by atoms with van der Waals surface area (Å²) in [5, 5.41) is 0. The molecule has 1 aromatic carbocycles. The second-order valence-corrected chi connectivity index (χ2v) is 10.5. The van der Waals surface area contributed by atoms with Crippen molar-refractivity contribution in [3.05, 3.63) is 48.0 Å².